The van der Waals surface area contributed by atoms with Gasteiger partial charge in [-0.1, -0.05) is 57.2 Å². The molecule has 0 spiro atoms. The Bertz CT molecular complexity index is 410. The van der Waals surface area contributed by atoms with Crippen LogP contribution in [0.25, 0.3) is 0 Å². The molecule has 1 aliphatic carbocycles. The minimum atomic E-state index is -0.0167. The van der Waals surface area contributed by atoms with Crippen LogP contribution >= 0.6 is 0 Å². The molecule has 0 saturated heterocycles. The van der Waals surface area contributed by atoms with E-state index in [4.69, 9.17) is 0 Å². The third-order valence-electron chi connectivity index (χ3n) is 4.53. The lowest BCUT2D eigenvalue weighted by molar-refractivity contribution is 0.297. The number of benzene rings is 1. The highest BCUT2D eigenvalue weighted by Gasteiger charge is 2.22. The minimum absolute atomic E-state index is 0.0167. The van der Waals surface area contributed by atoms with Gasteiger partial charge in [0.25, 0.3) is 0 Å². The van der Waals surface area contributed by atoms with E-state index >= 15 is 0 Å². The van der Waals surface area contributed by atoms with Crippen LogP contribution in [-0.4, -0.2) is 6.54 Å². The van der Waals surface area contributed by atoms with E-state index in [2.05, 4.69) is 12.2 Å². The third-order valence-corrected chi connectivity index (χ3v) is 4.53. The smallest absolute Gasteiger partial charge is 0.130 e. The van der Waals surface area contributed by atoms with Crippen molar-refractivity contribution >= 4 is 0 Å². The lowest BCUT2D eigenvalue weighted by atomic mass is 9.83. The largest absolute Gasteiger partial charge is 0.310 e. The summed E-state index contributed by atoms with van der Waals surface area (Å²) in [6.45, 7) is 4.98. The number of rotatable bonds is 6. The first kappa shape index (κ1) is 15.5. The zero-order valence-electron chi connectivity index (χ0n) is 12.9. The van der Waals surface area contributed by atoms with Crippen molar-refractivity contribution in [2.24, 2.45) is 5.92 Å². The second kappa shape index (κ2) is 7.78. The van der Waals surface area contributed by atoms with Crippen LogP contribution in [0.4, 0.5) is 4.39 Å². The molecule has 1 aromatic rings. The summed E-state index contributed by atoms with van der Waals surface area (Å²) in [6, 6.07) is 5.97. The topological polar surface area (TPSA) is 12.0 Å². The summed E-state index contributed by atoms with van der Waals surface area (Å²) < 4.78 is 14.4. The lowest BCUT2D eigenvalue weighted by Gasteiger charge is -2.28. The number of hydrogen-bond acceptors (Lipinski definition) is 1. The van der Waals surface area contributed by atoms with Crippen LogP contribution in [0, 0.1) is 18.7 Å². The van der Waals surface area contributed by atoms with Crippen LogP contribution < -0.4 is 5.32 Å². The monoisotopic (exact) mass is 277 g/mol. The Morgan fingerprint density at radius 1 is 1.25 bits per heavy atom. The zero-order valence-corrected chi connectivity index (χ0v) is 12.9. The van der Waals surface area contributed by atoms with Gasteiger partial charge in [-0.15, -0.1) is 0 Å². The van der Waals surface area contributed by atoms with Gasteiger partial charge in [0.05, 0.1) is 0 Å². The van der Waals surface area contributed by atoms with Gasteiger partial charge in [0.1, 0.15) is 5.82 Å². The van der Waals surface area contributed by atoms with Crippen LogP contribution in [0.1, 0.15) is 69.0 Å². The molecule has 1 N–H and O–H groups in total. The Labute approximate surface area is 123 Å². The van der Waals surface area contributed by atoms with E-state index in [0.717, 1.165) is 36.4 Å². The van der Waals surface area contributed by atoms with Crippen molar-refractivity contribution in [1.29, 1.82) is 0 Å². The van der Waals surface area contributed by atoms with Crippen LogP contribution in [0.5, 0.6) is 0 Å². The predicted octanol–water partition coefficient (Wildman–Crippen LogP) is 5.15. The second-order valence-corrected chi connectivity index (χ2v) is 6.22. The molecular weight excluding hydrogens is 249 g/mol. The first-order chi connectivity index (χ1) is 9.72. The maximum atomic E-state index is 14.4. The number of halogens is 1. The molecule has 0 aliphatic heterocycles. The number of aryl methyl sites for hydroxylation is 1. The molecule has 1 saturated carbocycles. The number of hydrogen-bond donors (Lipinski definition) is 1. The average molecular weight is 277 g/mol. The average Bonchev–Trinajstić information content (AvgIpc) is 2.48. The van der Waals surface area contributed by atoms with Crippen molar-refractivity contribution < 1.29 is 4.39 Å². The molecule has 1 aliphatic rings. The van der Waals surface area contributed by atoms with Crippen molar-refractivity contribution in [2.75, 3.05) is 6.54 Å². The zero-order chi connectivity index (χ0) is 14.4. The molecule has 2 rings (SSSR count). The van der Waals surface area contributed by atoms with E-state index in [-0.39, 0.29) is 11.9 Å². The maximum Gasteiger partial charge on any atom is 0.130 e. The van der Waals surface area contributed by atoms with Crippen LogP contribution in [-0.2, 0) is 0 Å². The molecule has 0 radical (unpaired) electrons. The SMILES string of the molecule is CCCNC(CC1CCCCC1)c1cccc(C)c1F. The summed E-state index contributed by atoms with van der Waals surface area (Å²) in [4.78, 5) is 0. The van der Waals surface area contributed by atoms with Crippen LogP contribution in [0.3, 0.4) is 0 Å². The Morgan fingerprint density at radius 2 is 2.00 bits per heavy atom. The van der Waals surface area contributed by atoms with Gasteiger partial charge in [-0.05, 0) is 37.8 Å². The fraction of sp³-hybridized carbons (Fsp3) is 0.667. The van der Waals surface area contributed by atoms with Gasteiger partial charge in [0.15, 0.2) is 0 Å². The van der Waals surface area contributed by atoms with E-state index in [0.29, 0.717) is 0 Å². The molecule has 2 heteroatoms. The summed E-state index contributed by atoms with van der Waals surface area (Å²) in [5.74, 6) is 0.745. The fourth-order valence-electron chi connectivity index (χ4n) is 3.33. The minimum Gasteiger partial charge on any atom is -0.310 e. The molecular formula is C18H28FN. The van der Waals surface area contributed by atoms with Crippen LogP contribution in [0.15, 0.2) is 18.2 Å². The van der Waals surface area contributed by atoms with Gasteiger partial charge in [-0.2, -0.15) is 0 Å². The fourth-order valence-corrected chi connectivity index (χ4v) is 3.33. The van der Waals surface area contributed by atoms with Crippen molar-refractivity contribution in [1.82, 2.24) is 5.32 Å². The van der Waals surface area contributed by atoms with Gasteiger partial charge in [-0.3, -0.25) is 0 Å². The normalized spacial score (nSPS) is 18.1. The van der Waals surface area contributed by atoms with E-state index in [1.807, 2.05) is 25.1 Å². The molecule has 1 unspecified atom stereocenters. The first-order valence-electron chi connectivity index (χ1n) is 8.20. The number of nitrogens with one attached hydrogen (secondary N) is 1. The van der Waals surface area contributed by atoms with E-state index in [1.54, 1.807) is 0 Å². The molecule has 112 valence electrons. The Hall–Kier alpha value is -0.890. The van der Waals surface area contributed by atoms with Crippen molar-refractivity contribution in [3.8, 4) is 0 Å². The van der Waals surface area contributed by atoms with Crippen molar-refractivity contribution in [2.45, 2.75) is 64.8 Å². The second-order valence-electron chi connectivity index (χ2n) is 6.22. The molecule has 1 nitrogen and oxygen atoms in total. The van der Waals surface area contributed by atoms with E-state index in [1.165, 1.54) is 32.1 Å². The summed E-state index contributed by atoms with van der Waals surface area (Å²) >= 11 is 0. The predicted molar refractivity (Wildman–Crippen MR) is 83.4 cm³/mol. The lowest BCUT2D eigenvalue weighted by Crippen LogP contribution is -2.26. The van der Waals surface area contributed by atoms with Gasteiger partial charge >= 0.3 is 0 Å². The summed E-state index contributed by atoms with van der Waals surface area (Å²) in [5, 5.41) is 3.56. The molecule has 0 amide bonds. The van der Waals surface area contributed by atoms with Gasteiger partial charge in [0, 0.05) is 11.6 Å². The van der Waals surface area contributed by atoms with Gasteiger partial charge < -0.3 is 5.32 Å². The molecule has 1 fully saturated rings. The molecule has 0 bridgehead atoms. The Kier molecular flexibility index (Phi) is 6.03. The highest BCUT2D eigenvalue weighted by molar-refractivity contribution is 5.27. The van der Waals surface area contributed by atoms with Gasteiger partial charge in [0.2, 0.25) is 0 Å². The van der Waals surface area contributed by atoms with Crippen molar-refractivity contribution in [3.05, 3.63) is 35.1 Å². The molecule has 1 aromatic carbocycles. The quantitative estimate of drug-likeness (QED) is 0.758. The van der Waals surface area contributed by atoms with Crippen LogP contribution in [0.2, 0.25) is 0 Å². The molecule has 0 aromatic heterocycles. The Morgan fingerprint density at radius 3 is 2.70 bits per heavy atom. The molecule has 1 atom stereocenters. The molecule has 20 heavy (non-hydrogen) atoms. The summed E-state index contributed by atoms with van der Waals surface area (Å²) in [7, 11) is 0. The summed E-state index contributed by atoms with van der Waals surface area (Å²) in [5.41, 5.74) is 1.62. The maximum absolute atomic E-state index is 14.4. The standard InChI is InChI=1S/C18H28FN/c1-3-12-20-17(13-15-9-5-4-6-10-15)16-11-7-8-14(2)18(16)19/h7-8,11,15,17,20H,3-6,9-10,12-13H2,1-2H3. The van der Waals surface area contributed by atoms with E-state index < -0.39 is 0 Å². The third kappa shape index (κ3) is 4.05. The van der Waals surface area contributed by atoms with Gasteiger partial charge in [-0.25, -0.2) is 4.39 Å². The molecule has 0 heterocycles. The highest BCUT2D eigenvalue weighted by atomic mass is 19.1. The Balaban J connectivity index is 2.11. The van der Waals surface area contributed by atoms with E-state index in [9.17, 15) is 4.39 Å². The van der Waals surface area contributed by atoms with Crippen molar-refractivity contribution in [3.63, 3.8) is 0 Å². The first-order valence-corrected chi connectivity index (χ1v) is 8.20. The summed E-state index contributed by atoms with van der Waals surface area (Å²) in [6.07, 6.45) is 8.88. The highest BCUT2D eigenvalue weighted by Crippen LogP contribution is 2.33.